The molecule has 0 aliphatic rings. The van der Waals surface area contributed by atoms with Gasteiger partial charge in [0.1, 0.15) is 16.9 Å². The lowest BCUT2D eigenvalue weighted by Gasteiger charge is -1.89. The molecule has 0 aliphatic carbocycles. The van der Waals surface area contributed by atoms with Gasteiger partial charge < -0.3 is 0 Å². The van der Waals surface area contributed by atoms with Crippen LogP contribution in [0, 0.1) is 6.20 Å². The highest BCUT2D eigenvalue weighted by Crippen LogP contribution is 2.23. The van der Waals surface area contributed by atoms with Gasteiger partial charge in [0.25, 0.3) is 0 Å². The Morgan fingerprint density at radius 3 is 3.08 bits per heavy atom. The molecule has 0 saturated carbocycles. The second-order valence-corrected chi connectivity index (χ2v) is 3.70. The normalized spacial score (nSPS) is 10.2. The molecule has 0 aromatic carbocycles. The van der Waals surface area contributed by atoms with Gasteiger partial charge in [-0.15, -0.1) is 33.1 Å². The highest BCUT2D eigenvalue weighted by atomic mass is 35.5. The Morgan fingerprint density at radius 1 is 1.54 bits per heavy atom. The summed E-state index contributed by atoms with van der Waals surface area (Å²) in [6.45, 7) is 0. The third-order valence-electron chi connectivity index (χ3n) is 1.44. The Hall–Kier alpha value is -1.00. The van der Waals surface area contributed by atoms with E-state index in [1.807, 2.05) is 6.07 Å². The molecule has 2 aromatic heterocycles. The smallest absolute Gasteiger partial charge is 0.143 e. The monoisotopic (exact) mass is 210 g/mol. The van der Waals surface area contributed by atoms with Crippen molar-refractivity contribution < 1.29 is 0 Å². The maximum Gasteiger partial charge on any atom is 0.143 e. The van der Waals surface area contributed by atoms with Crippen LogP contribution in [0.5, 0.6) is 0 Å². The first-order valence-electron chi connectivity index (χ1n) is 3.61. The Bertz CT molecular complexity index is 387. The zero-order valence-electron chi connectivity index (χ0n) is 6.57. The van der Waals surface area contributed by atoms with E-state index in [-0.39, 0.29) is 0 Å². The van der Waals surface area contributed by atoms with E-state index >= 15 is 0 Å². The number of thiazole rings is 1. The van der Waals surface area contributed by atoms with Crippen molar-refractivity contribution in [2.24, 2.45) is 0 Å². The van der Waals surface area contributed by atoms with E-state index in [1.54, 1.807) is 12.3 Å². The molecule has 5 heteroatoms. The van der Waals surface area contributed by atoms with Gasteiger partial charge in [-0.3, -0.25) is 0 Å². The van der Waals surface area contributed by atoms with E-state index in [0.29, 0.717) is 5.88 Å². The number of hydrogen-bond acceptors (Lipinski definition) is 4. The van der Waals surface area contributed by atoms with Crippen LogP contribution in [0.2, 0.25) is 0 Å². The van der Waals surface area contributed by atoms with Gasteiger partial charge in [-0.2, -0.15) is 0 Å². The van der Waals surface area contributed by atoms with E-state index in [2.05, 4.69) is 21.4 Å². The van der Waals surface area contributed by atoms with Gasteiger partial charge in [-0.25, -0.2) is 4.98 Å². The molecule has 0 aliphatic heterocycles. The lowest BCUT2D eigenvalue weighted by molar-refractivity contribution is 1.03. The molecule has 3 nitrogen and oxygen atoms in total. The quantitative estimate of drug-likeness (QED) is 0.713. The van der Waals surface area contributed by atoms with Crippen LogP contribution in [0.1, 0.15) is 4.88 Å². The predicted octanol–water partition coefficient (Wildman–Crippen LogP) is 2.14. The van der Waals surface area contributed by atoms with E-state index in [4.69, 9.17) is 11.6 Å². The SMILES string of the molecule is ClCc1cnc(-c2cc[c]nn2)s1. The van der Waals surface area contributed by atoms with Crippen molar-refractivity contribution in [2.75, 3.05) is 0 Å². The van der Waals surface area contributed by atoms with Gasteiger partial charge in [0.15, 0.2) is 0 Å². The van der Waals surface area contributed by atoms with Crippen molar-refractivity contribution in [2.45, 2.75) is 5.88 Å². The fourth-order valence-corrected chi connectivity index (χ4v) is 1.83. The Balaban J connectivity index is 2.36. The second-order valence-electron chi connectivity index (χ2n) is 2.31. The minimum absolute atomic E-state index is 0.490. The number of hydrogen-bond donors (Lipinski definition) is 0. The maximum absolute atomic E-state index is 5.66. The Labute approximate surface area is 84.4 Å². The summed E-state index contributed by atoms with van der Waals surface area (Å²) in [6.07, 6.45) is 4.37. The van der Waals surface area contributed by atoms with Crippen molar-refractivity contribution >= 4 is 22.9 Å². The van der Waals surface area contributed by atoms with Crippen molar-refractivity contribution in [3.05, 3.63) is 29.4 Å². The zero-order chi connectivity index (χ0) is 9.10. The molecule has 0 bridgehead atoms. The third-order valence-corrected chi connectivity index (χ3v) is 2.90. The van der Waals surface area contributed by atoms with Gasteiger partial charge in [0.2, 0.25) is 0 Å². The fraction of sp³-hybridized carbons (Fsp3) is 0.125. The third kappa shape index (κ3) is 1.84. The molecule has 2 heterocycles. The Kier molecular flexibility index (Phi) is 2.52. The van der Waals surface area contributed by atoms with Crippen LogP contribution in [0.3, 0.4) is 0 Å². The number of halogens is 1. The molecule has 65 valence electrons. The number of nitrogens with zero attached hydrogens (tertiary/aromatic N) is 3. The lowest BCUT2D eigenvalue weighted by atomic mass is 10.4. The summed E-state index contributed by atoms with van der Waals surface area (Å²) in [6, 6.07) is 3.54. The van der Waals surface area contributed by atoms with Crippen LogP contribution in [-0.4, -0.2) is 15.2 Å². The summed E-state index contributed by atoms with van der Waals surface area (Å²) in [5, 5.41) is 8.40. The highest BCUT2D eigenvalue weighted by molar-refractivity contribution is 7.15. The Morgan fingerprint density at radius 2 is 2.46 bits per heavy atom. The molecule has 0 amide bonds. The molecule has 0 atom stereocenters. The molecular weight excluding hydrogens is 206 g/mol. The molecular formula is C8H5ClN3S. The van der Waals surface area contributed by atoms with Crippen molar-refractivity contribution in [1.82, 2.24) is 15.2 Å². The van der Waals surface area contributed by atoms with Crippen molar-refractivity contribution in [3.63, 3.8) is 0 Å². The molecule has 2 rings (SSSR count). The van der Waals surface area contributed by atoms with E-state index < -0.39 is 0 Å². The highest BCUT2D eigenvalue weighted by Gasteiger charge is 2.04. The molecule has 13 heavy (non-hydrogen) atoms. The average Bonchev–Trinajstić information content (AvgIpc) is 2.67. The summed E-state index contributed by atoms with van der Waals surface area (Å²) in [5.41, 5.74) is 0.764. The van der Waals surface area contributed by atoms with Crippen LogP contribution in [-0.2, 0) is 5.88 Å². The van der Waals surface area contributed by atoms with Gasteiger partial charge in [-0.1, -0.05) is 0 Å². The first-order valence-corrected chi connectivity index (χ1v) is 4.96. The van der Waals surface area contributed by atoms with E-state index in [0.717, 1.165) is 15.6 Å². The van der Waals surface area contributed by atoms with Crippen LogP contribution in [0.15, 0.2) is 18.3 Å². The largest absolute Gasteiger partial charge is 0.242 e. The van der Waals surface area contributed by atoms with Crippen molar-refractivity contribution in [1.29, 1.82) is 0 Å². The first kappa shape index (κ1) is 8.59. The van der Waals surface area contributed by atoms with E-state index in [9.17, 15) is 0 Å². The summed E-state index contributed by atoms with van der Waals surface area (Å²) < 4.78 is 0. The first-order chi connectivity index (χ1) is 6.40. The van der Waals surface area contributed by atoms with Gasteiger partial charge >= 0.3 is 0 Å². The zero-order valence-corrected chi connectivity index (χ0v) is 8.14. The van der Waals surface area contributed by atoms with E-state index in [1.165, 1.54) is 11.3 Å². The van der Waals surface area contributed by atoms with Gasteiger partial charge in [-0.05, 0) is 12.1 Å². The summed E-state index contributed by atoms with van der Waals surface area (Å²) in [5.74, 6) is 0.490. The number of aromatic nitrogens is 3. The predicted molar refractivity (Wildman–Crippen MR) is 51.5 cm³/mol. The van der Waals surface area contributed by atoms with Crippen LogP contribution < -0.4 is 0 Å². The molecule has 1 radical (unpaired) electrons. The van der Waals surface area contributed by atoms with Gasteiger partial charge in [0.05, 0.1) is 5.88 Å². The van der Waals surface area contributed by atoms with Crippen LogP contribution >= 0.6 is 22.9 Å². The molecule has 2 aromatic rings. The lowest BCUT2D eigenvalue weighted by Crippen LogP contribution is -1.83. The summed E-state index contributed by atoms with van der Waals surface area (Å²) in [7, 11) is 0. The standard InChI is InChI=1S/C8H5ClN3S/c9-4-6-5-10-8(13-6)7-2-1-3-11-12-7/h1-2,5H,4H2. The molecule has 0 spiro atoms. The minimum atomic E-state index is 0.490. The maximum atomic E-state index is 5.66. The van der Waals surface area contributed by atoms with Crippen LogP contribution in [0.4, 0.5) is 0 Å². The summed E-state index contributed by atoms with van der Waals surface area (Å²) in [4.78, 5) is 5.21. The molecule has 0 unspecified atom stereocenters. The second kappa shape index (κ2) is 3.81. The molecule has 0 fully saturated rings. The average molecular weight is 211 g/mol. The fourth-order valence-electron chi connectivity index (χ4n) is 0.867. The molecule has 0 saturated heterocycles. The van der Waals surface area contributed by atoms with Crippen LogP contribution in [0.25, 0.3) is 10.7 Å². The summed E-state index contributed by atoms with van der Waals surface area (Å²) >= 11 is 7.18. The van der Waals surface area contributed by atoms with Gasteiger partial charge in [0, 0.05) is 11.1 Å². The van der Waals surface area contributed by atoms with Crippen molar-refractivity contribution in [3.8, 4) is 10.7 Å². The number of alkyl halides is 1. The number of rotatable bonds is 2. The molecule has 0 N–H and O–H groups in total. The topological polar surface area (TPSA) is 38.7 Å². The minimum Gasteiger partial charge on any atom is -0.242 e.